The molecule has 3 aromatic carbocycles. The van der Waals surface area contributed by atoms with Crippen molar-refractivity contribution in [2.45, 2.75) is 26.9 Å². The number of para-hydroxylation sites is 1. The lowest BCUT2D eigenvalue weighted by molar-refractivity contribution is 0.0951. The summed E-state index contributed by atoms with van der Waals surface area (Å²) in [5.74, 6) is 0.356. The van der Waals surface area contributed by atoms with Gasteiger partial charge in [0.25, 0.3) is 5.91 Å². The molecule has 0 atom stereocenters. The molecule has 0 aliphatic carbocycles. The molecule has 1 heterocycles. The molecule has 5 heteroatoms. The Hall–Kier alpha value is -3.60. The van der Waals surface area contributed by atoms with Gasteiger partial charge < -0.3 is 15.0 Å². The first kappa shape index (κ1) is 20.7. The van der Waals surface area contributed by atoms with Crippen LogP contribution in [0.2, 0.25) is 0 Å². The highest BCUT2D eigenvalue weighted by Gasteiger charge is 2.15. The fourth-order valence-electron chi connectivity index (χ4n) is 3.90. The largest absolute Gasteiger partial charge is 0.489 e. The number of halogens is 1. The minimum atomic E-state index is -0.258. The summed E-state index contributed by atoms with van der Waals surface area (Å²) in [6.45, 7) is 4.68. The van der Waals surface area contributed by atoms with E-state index in [0.29, 0.717) is 30.7 Å². The molecule has 4 nitrogen and oxygen atoms in total. The Morgan fingerprint density at radius 2 is 1.74 bits per heavy atom. The highest BCUT2D eigenvalue weighted by Crippen LogP contribution is 2.27. The predicted octanol–water partition coefficient (Wildman–Crippen LogP) is 5.48. The van der Waals surface area contributed by atoms with E-state index in [9.17, 15) is 9.18 Å². The first-order valence-corrected chi connectivity index (χ1v) is 10.3. The number of H-pyrrole nitrogens is 1. The van der Waals surface area contributed by atoms with E-state index < -0.39 is 0 Å². The van der Waals surface area contributed by atoms with Gasteiger partial charge >= 0.3 is 0 Å². The van der Waals surface area contributed by atoms with Gasteiger partial charge in [0.1, 0.15) is 18.2 Å². The maximum Gasteiger partial charge on any atom is 0.251 e. The molecule has 0 radical (unpaired) electrons. The average molecular weight is 416 g/mol. The number of aromatic nitrogens is 1. The Bertz CT molecular complexity index is 1220. The van der Waals surface area contributed by atoms with Gasteiger partial charge in [-0.3, -0.25) is 4.79 Å². The Labute approximate surface area is 181 Å². The number of benzene rings is 3. The number of nitrogens with one attached hydrogen (secondary N) is 2. The van der Waals surface area contributed by atoms with Crippen LogP contribution < -0.4 is 10.1 Å². The molecule has 0 unspecified atom stereocenters. The van der Waals surface area contributed by atoms with Crippen LogP contribution in [0.3, 0.4) is 0 Å². The molecule has 4 rings (SSSR count). The molecule has 0 aliphatic heterocycles. The van der Waals surface area contributed by atoms with Crippen LogP contribution in [0.1, 0.15) is 32.7 Å². The number of aryl methyl sites for hydroxylation is 2. The van der Waals surface area contributed by atoms with E-state index in [1.807, 2.05) is 62.4 Å². The van der Waals surface area contributed by atoms with Crippen molar-refractivity contribution in [3.05, 3.63) is 100 Å². The zero-order valence-electron chi connectivity index (χ0n) is 17.7. The molecule has 158 valence electrons. The van der Waals surface area contributed by atoms with Gasteiger partial charge in [-0.2, -0.15) is 0 Å². The van der Waals surface area contributed by atoms with Crippen molar-refractivity contribution in [2.75, 3.05) is 6.54 Å². The lowest BCUT2D eigenvalue weighted by Gasteiger charge is -2.12. The molecule has 2 N–H and O–H groups in total. The van der Waals surface area contributed by atoms with Crippen molar-refractivity contribution in [1.82, 2.24) is 10.3 Å². The quantitative estimate of drug-likeness (QED) is 0.419. The predicted molar refractivity (Wildman–Crippen MR) is 121 cm³/mol. The summed E-state index contributed by atoms with van der Waals surface area (Å²) in [6.07, 6.45) is 0.616. The second-order valence-corrected chi connectivity index (χ2v) is 7.61. The molecule has 0 bridgehead atoms. The summed E-state index contributed by atoms with van der Waals surface area (Å²) in [4.78, 5) is 16.0. The van der Waals surface area contributed by atoms with E-state index in [4.69, 9.17) is 4.74 Å². The summed E-state index contributed by atoms with van der Waals surface area (Å²) in [5, 5.41) is 3.91. The minimum Gasteiger partial charge on any atom is -0.489 e. The summed E-state index contributed by atoms with van der Waals surface area (Å²) < 4.78 is 20.0. The van der Waals surface area contributed by atoms with Gasteiger partial charge in [-0.1, -0.05) is 42.5 Å². The normalized spacial score (nSPS) is 10.9. The average Bonchev–Trinajstić information content (AvgIpc) is 3.13. The third kappa shape index (κ3) is 4.45. The molecule has 0 fully saturated rings. The topological polar surface area (TPSA) is 54.1 Å². The van der Waals surface area contributed by atoms with Crippen LogP contribution in [-0.4, -0.2) is 17.4 Å². The van der Waals surface area contributed by atoms with Crippen molar-refractivity contribution in [3.8, 4) is 5.75 Å². The standard InChI is InChI=1S/C26H25FN2O2/c1-17-12-13-23(27)25-24(17)21(18(2)29-25)14-15-28-26(30)22-11-7-6-8-19(22)16-31-20-9-4-3-5-10-20/h3-13,29H,14-16H2,1-2H3,(H,28,30). The van der Waals surface area contributed by atoms with Crippen LogP contribution in [0.25, 0.3) is 10.9 Å². The molecule has 0 spiro atoms. The van der Waals surface area contributed by atoms with Crippen LogP contribution in [0.15, 0.2) is 66.7 Å². The number of fused-ring (bicyclic) bond motifs is 1. The minimum absolute atomic E-state index is 0.146. The van der Waals surface area contributed by atoms with Gasteiger partial charge in [-0.15, -0.1) is 0 Å². The molecule has 0 saturated heterocycles. The Morgan fingerprint density at radius 1 is 1.00 bits per heavy atom. The number of hydrogen-bond donors (Lipinski definition) is 2. The smallest absolute Gasteiger partial charge is 0.251 e. The molecule has 4 aromatic rings. The van der Waals surface area contributed by atoms with Crippen LogP contribution in [0.4, 0.5) is 4.39 Å². The monoisotopic (exact) mass is 416 g/mol. The Balaban J connectivity index is 1.44. The van der Waals surface area contributed by atoms with Gasteiger partial charge in [0.15, 0.2) is 0 Å². The Morgan fingerprint density at radius 3 is 2.55 bits per heavy atom. The van der Waals surface area contributed by atoms with Crippen LogP contribution in [-0.2, 0) is 13.0 Å². The van der Waals surface area contributed by atoms with Gasteiger partial charge in [-0.05, 0) is 55.7 Å². The summed E-state index contributed by atoms with van der Waals surface area (Å²) in [5.41, 5.74) is 4.93. The van der Waals surface area contributed by atoms with Gasteiger partial charge in [0, 0.05) is 28.8 Å². The van der Waals surface area contributed by atoms with Crippen LogP contribution >= 0.6 is 0 Å². The lowest BCUT2D eigenvalue weighted by Crippen LogP contribution is -2.27. The maximum absolute atomic E-state index is 14.2. The number of aromatic amines is 1. The fraction of sp³-hybridized carbons (Fsp3) is 0.192. The van der Waals surface area contributed by atoms with E-state index in [-0.39, 0.29) is 11.7 Å². The second-order valence-electron chi connectivity index (χ2n) is 7.61. The zero-order valence-corrected chi connectivity index (χ0v) is 17.7. The van der Waals surface area contributed by atoms with Crippen LogP contribution in [0.5, 0.6) is 5.75 Å². The van der Waals surface area contributed by atoms with Crippen molar-refractivity contribution < 1.29 is 13.9 Å². The molecule has 0 aliphatic rings. The van der Waals surface area contributed by atoms with Gasteiger partial charge in [0.2, 0.25) is 0 Å². The summed E-state index contributed by atoms with van der Waals surface area (Å²) in [7, 11) is 0. The zero-order chi connectivity index (χ0) is 21.8. The highest BCUT2D eigenvalue weighted by atomic mass is 19.1. The van der Waals surface area contributed by atoms with E-state index in [1.165, 1.54) is 6.07 Å². The molecule has 1 aromatic heterocycles. The molecular weight excluding hydrogens is 391 g/mol. The number of rotatable bonds is 7. The fourth-order valence-corrected chi connectivity index (χ4v) is 3.90. The van der Waals surface area contributed by atoms with E-state index in [0.717, 1.165) is 33.5 Å². The molecule has 31 heavy (non-hydrogen) atoms. The SMILES string of the molecule is Cc1[nH]c2c(F)ccc(C)c2c1CCNC(=O)c1ccccc1COc1ccccc1. The third-order valence-corrected chi connectivity index (χ3v) is 5.49. The van der Waals surface area contributed by atoms with Crippen molar-refractivity contribution in [3.63, 3.8) is 0 Å². The van der Waals surface area contributed by atoms with Gasteiger partial charge in [0.05, 0.1) is 5.52 Å². The first-order valence-electron chi connectivity index (χ1n) is 10.3. The number of carbonyl (C=O) groups is 1. The van der Waals surface area contributed by atoms with E-state index >= 15 is 0 Å². The van der Waals surface area contributed by atoms with Gasteiger partial charge in [-0.25, -0.2) is 4.39 Å². The third-order valence-electron chi connectivity index (χ3n) is 5.49. The summed E-state index contributed by atoms with van der Waals surface area (Å²) >= 11 is 0. The Kier molecular flexibility index (Phi) is 6.03. The molecule has 0 saturated carbocycles. The first-order chi connectivity index (χ1) is 15.0. The van der Waals surface area contributed by atoms with E-state index in [2.05, 4.69) is 10.3 Å². The number of amides is 1. The van der Waals surface area contributed by atoms with Crippen molar-refractivity contribution >= 4 is 16.8 Å². The van der Waals surface area contributed by atoms with Crippen molar-refractivity contribution in [1.29, 1.82) is 0 Å². The van der Waals surface area contributed by atoms with E-state index in [1.54, 1.807) is 12.1 Å². The highest BCUT2D eigenvalue weighted by molar-refractivity contribution is 5.95. The summed E-state index contributed by atoms with van der Waals surface area (Å²) in [6, 6.07) is 20.2. The second kappa shape index (κ2) is 9.04. The number of hydrogen-bond acceptors (Lipinski definition) is 2. The molecular formula is C26H25FN2O2. The van der Waals surface area contributed by atoms with Crippen molar-refractivity contribution in [2.24, 2.45) is 0 Å². The molecule has 1 amide bonds. The lowest BCUT2D eigenvalue weighted by atomic mass is 10.0. The number of ether oxygens (including phenoxy) is 1. The maximum atomic E-state index is 14.2. The number of carbonyl (C=O) groups excluding carboxylic acids is 1. The van der Waals surface area contributed by atoms with Crippen LogP contribution in [0, 0.1) is 19.7 Å².